The summed E-state index contributed by atoms with van der Waals surface area (Å²) in [5.41, 5.74) is 5.18. The van der Waals surface area contributed by atoms with Gasteiger partial charge in [-0.2, -0.15) is 0 Å². The van der Waals surface area contributed by atoms with E-state index in [-0.39, 0.29) is 41.0 Å². The second-order valence-electron chi connectivity index (χ2n) is 21.8. The van der Waals surface area contributed by atoms with E-state index in [2.05, 4.69) is 49.3 Å². The van der Waals surface area contributed by atoms with Crippen molar-refractivity contribution in [2.45, 2.75) is 89.4 Å². The number of imide groups is 1. The molecule has 13 rings (SSSR count). The Labute approximate surface area is 401 Å². The van der Waals surface area contributed by atoms with Gasteiger partial charge in [0.05, 0.1) is 5.39 Å². The number of nitrogens with one attached hydrogen (secondary N) is 2. The van der Waals surface area contributed by atoms with Gasteiger partial charge in [0.2, 0.25) is 11.8 Å². The molecule has 7 fully saturated rings. The lowest BCUT2D eigenvalue weighted by molar-refractivity contribution is -0.136. The molecule has 2 aliphatic carbocycles. The van der Waals surface area contributed by atoms with E-state index in [4.69, 9.17) is 15.0 Å². The molecule has 0 unspecified atom stereocenters. The number of phenols is 1. The van der Waals surface area contributed by atoms with Crippen LogP contribution in [-0.2, 0) is 29.0 Å². The molecular formula is C54H61FN10O4. The lowest BCUT2D eigenvalue weighted by Crippen LogP contribution is -2.52. The Morgan fingerprint density at radius 3 is 2.42 bits per heavy atom. The summed E-state index contributed by atoms with van der Waals surface area (Å²) in [6.45, 7) is 12.7. The molecule has 14 nitrogen and oxygen atoms in total. The molecule has 8 aliphatic rings. The van der Waals surface area contributed by atoms with Crippen LogP contribution in [0.4, 0.5) is 15.9 Å². The number of carbonyl (C=O) groups excluding carboxylic acids is 3. The third kappa shape index (κ3) is 7.79. The molecule has 3 N–H and O–H groups in total. The molecule has 15 heteroatoms. The van der Waals surface area contributed by atoms with Gasteiger partial charge in [-0.15, -0.1) is 0 Å². The first-order valence-corrected chi connectivity index (χ1v) is 25.7. The molecule has 2 aromatic heterocycles. The highest BCUT2D eigenvalue weighted by Gasteiger charge is 2.57. The van der Waals surface area contributed by atoms with Crippen LogP contribution in [0.25, 0.3) is 32.9 Å². The first-order valence-electron chi connectivity index (χ1n) is 25.7. The van der Waals surface area contributed by atoms with Crippen LogP contribution in [0.1, 0.15) is 79.2 Å². The van der Waals surface area contributed by atoms with Crippen molar-refractivity contribution < 1.29 is 23.9 Å². The van der Waals surface area contributed by atoms with Gasteiger partial charge in [0.15, 0.2) is 5.82 Å². The zero-order chi connectivity index (χ0) is 46.7. The van der Waals surface area contributed by atoms with Crippen molar-refractivity contribution in [3.8, 4) is 17.0 Å². The van der Waals surface area contributed by atoms with E-state index in [1.165, 1.54) is 25.9 Å². The fourth-order valence-electron chi connectivity index (χ4n) is 13.5. The molecule has 2 bridgehead atoms. The summed E-state index contributed by atoms with van der Waals surface area (Å²) < 4.78 is 17.2. The predicted octanol–water partition coefficient (Wildman–Crippen LogP) is 5.67. The fraction of sp³-hybridized carbons (Fsp3) is 0.519. The topological polar surface area (TPSA) is 150 Å². The normalized spacial score (nSPS) is 27.4. The number of amides is 3. The molecule has 2 saturated carbocycles. The molecule has 358 valence electrons. The monoisotopic (exact) mass is 932 g/mol. The number of phenolic OH excluding ortho intramolecular Hbond substituents is 1. The van der Waals surface area contributed by atoms with Crippen molar-refractivity contribution in [2.75, 3.05) is 75.2 Å². The summed E-state index contributed by atoms with van der Waals surface area (Å²) >= 11 is 0. The van der Waals surface area contributed by atoms with E-state index in [9.17, 15) is 19.5 Å². The second kappa shape index (κ2) is 16.7. The highest BCUT2D eigenvalue weighted by Crippen LogP contribution is 2.56. The Kier molecular flexibility index (Phi) is 10.5. The van der Waals surface area contributed by atoms with E-state index in [0.717, 1.165) is 129 Å². The summed E-state index contributed by atoms with van der Waals surface area (Å²) in [5, 5.41) is 19.3. The largest absolute Gasteiger partial charge is 0.508 e. The van der Waals surface area contributed by atoms with Gasteiger partial charge in [-0.3, -0.25) is 29.6 Å². The van der Waals surface area contributed by atoms with Gasteiger partial charge in [-0.25, -0.2) is 14.4 Å². The van der Waals surface area contributed by atoms with Gasteiger partial charge < -0.3 is 30.0 Å². The summed E-state index contributed by atoms with van der Waals surface area (Å²) in [6, 6.07) is 15.7. The number of likely N-dealkylation sites (tertiary alicyclic amines) is 1. The number of anilines is 2. The average Bonchev–Trinajstić information content (AvgIpc) is 4.08. The molecule has 6 aliphatic heterocycles. The third-order valence-corrected chi connectivity index (χ3v) is 17.5. The zero-order valence-electron chi connectivity index (χ0n) is 39.4. The molecule has 3 aromatic carbocycles. The molecule has 5 saturated heterocycles. The Morgan fingerprint density at radius 2 is 1.67 bits per heavy atom. The maximum Gasteiger partial charge on any atom is 0.255 e. The zero-order valence-corrected chi connectivity index (χ0v) is 39.4. The van der Waals surface area contributed by atoms with Gasteiger partial charge in [0, 0.05) is 120 Å². The molecule has 3 amide bonds. The summed E-state index contributed by atoms with van der Waals surface area (Å²) in [4.78, 5) is 64.3. The van der Waals surface area contributed by atoms with Crippen molar-refractivity contribution in [3.05, 3.63) is 83.1 Å². The Balaban J connectivity index is 0.647. The van der Waals surface area contributed by atoms with Crippen LogP contribution in [-0.4, -0.2) is 136 Å². The Morgan fingerprint density at radius 1 is 0.870 bits per heavy atom. The molecule has 8 heterocycles. The lowest BCUT2D eigenvalue weighted by Gasteiger charge is -2.37. The lowest BCUT2D eigenvalue weighted by atomic mass is 9.95. The number of piperazine rings is 2. The van der Waals surface area contributed by atoms with Gasteiger partial charge in [0.1, 0.15) is 34.6 Å². The fourth-order valence-corrected chi connectivity index (χ4v) is 13.5. The van der Waals surface area contributed by atoms with Crippen LogP contribution in [0.5, 0.6) is 5.75 Å². The van der Waals surface area contributed by atoms with Gasteiger partial charge in [-0.05, 0) is 120 Å². The van der Waals surface area contributed by atoms with Crippen LogP contribution < -0.4 is 20.4 Å². The molecule has 0 spiro atoms. The number of pyridine rings is 1. The van der Waals surface area contributed by atoms with E-state index in [1.807, 2.05) is 24.3 Å². The number of aromatic hydroxyl groups is 1. The summed E-state index contributed by atoms with van der Waals surface area (Å²) in [5.74, 6) is 2.64. The minimum atomic E-state index is -0.599. The number of nitrogens with zero attached hydrogens (tertiary/aromatic N) is 8. The standard InChI is InChI=1S/C54H61FN10O4/c1-2-31-4-3-5-32-21-37(66)22-39(47(31)32)49-48(55)50-40(23-56-49)51(64-25-34-6-7-35(26-64)57-34)59-45(58-50)12-13-54(14-15-54)30-62-28-42-41(43(42)29-62)27-61-16-18-63(19-17-61)36-8-9-38-33(20-36)24-65(53(38)69)44-10-11-46(67)60-52(44)68/h3-5,8-9,20-23,34-35,41-44,57,66H,2,6-7,10-19,24-30H2,1H3,(H,60,67,68)/t34-,35-,42+,43+,44-/m0/s1. The number of hydrogen-bond donors (Lipinski definition) is 3. The highest BCUT2D eigenvalue weighted by molar-refractivity contribution is 6.06. The maximum absolute atomic E-state index is 17.2. The quantitative estimate of drug-likeness (QED) is 0.133. The van der Waals surface area contributed by atoms with Crippen molar-refractivity contribution in [3.63, 3.8) is 0 Å². The number of fused-ring (bicyclic) bond motifs is 6. The number of carbonyl (C=O) groups is 3. The maximum atomic E-state index is 17.2. The number of halogens is 1. The highest BCUT2D eigenvalue weighted by atomic mass is 19.1. The van der Waals surface area contributed by atoms with Gasteiger partial charge >= 0.3 is 0 Å². The Bertz CT molecular complexity index is 2910. The number of piperidine rings is 2. The molecule has 0 radical (unpaired) electrons. The van der Waals surface area contributed by atoms with Crippen LogP contribution in [0.15, 0.2) is 54.7 Å². The smallest absolute Gasteiger partial charge is 0.255 e. The molecule has 5 aromatic rings. The Hall–Kier alpha value is -5.77. The first kappa shape index (κ1) is 43.3. The minimum Gasteiger partial charge on any atom is -0.508 e. The van der Waals surface area contributed by atoms with Crippen molar-refractivity contribution in [1.29, 1.82) is 0 Å². The molecule has 5 atom stereocenters. The van der Waals surface area contributed by atoms with Crippen LogP contribution in [0.3, 0.4) is 0 Å². The van der Waals surface area contributed by atoms with Crippen LogP contribution >= 0.6 is 0 Å². The van der Waals surface area contributed by atoms with E-state index in [1.54, 1.807) is 23.2 Å². The number of hydrogen-bond acceptors (Lipinski definition) is 12. The summed E-state index contributed by atoms with van der Waals surface area (Å²) in [6.07, 6.45) is 9.53. The second-order valence-corrected chi connectivity index (χ2v) is 21.8. The van der Waals surface area contributed by atoms with E-state index >= 15 is 4.39 Å². The number of benzene rings is 3. The minimum absolute atomic E-state index is 0.0839. The van der Waals surface area contributed by atoms with Crippen LogP contribution in [0.2, 0.25) is 0 Å². The van der Waals surface area contributed by atoms with Gasteiger partial charge in [-0.1, -0.05) is 25.1 Å². The first-order chi connectivity index (χ1) is 33.6. The summed E-state index contributed by atoms with van der Waals surface area (Å²) in [7, 11) is 0. The van der Waals surface area contributed by atoms with Crippen molar-refractivity contribution in [1.82, 2.24) is 40.3 Å². The number of aryl methyl sites for hydroxylation is 2. The van der Waals surface area contributed by atoms with Crippen molar-refractivity contribution in [2.24, 2.45) is 23.2 Å². The number of rotatable bonds is 12. The number of aromatic nitrogens is 3. The predicted molar refractivity (Wildman–Crippen MR) is 261 cm³/mol. The average molecular weight is 933 g/mol. The van der Waals surface area contributed by atoms with E-state index in [0.29, 0.717) is 59.3 Å². The third-order valence-electron chi connectivity index (χ3n) is 17.5. The molecular weight excluding hydrogens is 872 g/mol. The van der Waals surface area contributed by atoms with E-state index < -0.39 is 11.9 Å². The van der Waals surface area contributed by atoms with Gasteiger partial charge in [0.25, 0.3) is 5.91 Å². The molecule has 69 heavy (non-hydrogen) atoms. The van der Waals surface area contributed by atoms with Crippen LogP contribution in [0, 0.1) is 29.0 Å². The SMILES string of the molecule is CCc1cccc2cc(O)cc(-c3ncc4c(N5C[C@@H]6CC[C@@H](C5)N6)nc(CCC5(CN6C[C@@H]7C(CN8CCN(c9ccc%10c(c9)CN([C@H]9CCC(=O)NC9=O)C%10=O)CC8)[C@H]7C6)CC5)nc4c3F)c12. The van der Waals surface area contributed by atoms with Crippen molar-refractivity contribution >= 4 is 50.9 Å².